The lowest BCUT2D eigenvalue weighted by Crippen LogP contribution is -2.53. The van der Waals surface area contributed by atoms with Crippen molar-refractivity contribution >= 4 is 23.8 Å². The average Bonchev–Trinajstić information content (AvgIpc) is 2.89. The molecule has 0 aromatic carbocycles. The van der Waals surface area contributed by atoms with Gasteiger partial charge in [-0.3, -0.25) is 0 Å². The van der Waals surface area contributed by atoms with E-state index in [0.29, 0.717) is 6.54 Å². The van der Waals surface area contributed by atoms with Gasteiger partial charge in [0.05, 0.1) is 24.3 Å². The molecule has 0 spiro atoms. The number of carbonyl (C=O) groups is 2. The van der Waals surface area contributed by atoms with Crippen LogP contribution in [0.4, 0.5) is 4.79 Å². The number of nitrogens with one attached hydrogen (secondary N) is 1. The number of fused-ring (bicyclic) bond motifs is 1. The molecule has 2 amide bonds. The number of nitrogens with zero attached hydrogens (tertiary/aromatic N) is 3. The standard InChI is InChI=1S/C12H18N4O3S/c1-15(3-4-20-2)12(19)16-6-9-8(13-7-14-9)5-10(16)11(17)18/h7,10H,3-6H2,1-2H3,(H,13,14)(H,17,18). The molecule has 1 atom stereocenters. The zero-order valence-electron chi connectivity index (χ0n) is 11.5. The number of aliphatic carboxylic acids is 1. The maximum absolute atomic E-state index is 12.4. The molecular weight excluding hydrogens is 280 g/mol. The van der Waals surface area contributed by atoms with Crippen LogP contribution < -0.4 is 0 Å². The molecule has 8 heteroatoms. The predicted octanol–water partition coefficient (Wildman–Crippen LogP) is 0.636. The molecule has 20 heavy (non-hydrogen) atoms. The number of hydrogen-bond donors (Lipinski definition) is 2. The summed E-state index contributed by atoms with van der Waals surface area (Å²) in [6, 6.07) is -1.11. The number of carboxylic acids is 1. The number of amides is 2. The molecule has 1 aliphatic heterocycles. The highest BCUT2D eigenvalue weighted by molar-refractivity contribution is 7.98. The summed E-state index contributed by atoms with van der Waals surface area (Å²) in [4.78, 5) is 33.8. The van der Waals surface area contributed by atoms with Crippen molar-refractivity contribution in [3.63, 3.8) is 0 Å². The van der Waals surface area contributed by atoms with Crippen molar-refractivity contribution in [2.45, 2.75) is 19.0 Å². The third kappa shape index (κ3) is 2.90. The maximum Gasteiger partial charge on any atom is 0.326 e. The second-order valence-corrected chi connectivity index (χ2v) is 5.70. The topological polar surface area (TPSA) is 89.5 Å². The summed E-state index contributed by atoms with van der Waals surface area (Å²) < 4.78 is 0. The van der Waals surface area contributed by atoms with E-state index in [2.05, 4.69) is 9.97 Å². The van der Waals surface area contributed by atoms with Gasteiger partial charge >= 0.3 is 12.0 Å². The summed E-state index contributed by atoms with van der Waals surface area (Å²) in [5.74, 6) is -0.173. The van der Waals surface area contributed by atoms with Crippen molar-refractivity contribution in [2.75, 3.05) is 25.6 Å². The van der Waals surface area contributed by atoms with Gasteiger partial charge in [-0.1, -0.05) is 0 Å². The van der Waals surface area contributed by atoms with Gasteiger partial charge in [-0.05, 0) is 6.26 Å². The molecule has 1 aromatic rings. The average molecular weight is 298 g/mol. The van der Waals surface area contributed by atoms with Gasteiger partial charge in [-0.15, -0.1) is 0 Å². The molecule has 1 unspecified atom stereocenters. The van der Waals surface area contributed by atoms with Crippen LogP contribution in [0.5, 0.6) is 0 Å². The van der Waals surface area contributed by atoms with Crippen molar-refractivity contribution in [3.05, 3.63) is 17.7 Å². The Kier molecular flexibility index (Phi) is 4.53. The lowest BCUT2D eigenvalue weighted by atomic mass is 10.0. The Morgan fingerprint density at radius 3 is 3.05 bits per heavy atom. The van der Waals surface area contributed by atoms with Gasteiger partial charge in [0.25, 0.3) is 0 Å². The van der Waals surface area contributed by atoms with Crippen LogP contribution in [0.1, 0.15) is 11.4 Å². The molecule has 0 saturated heterocycles. The summed E-state index contributed by atoms with van der Waals surface area (Å²) in [5, 5.41) is 9.32. The van der Waals surface area contributed by atoms with Gasteiger partial charge in [0.15, 0.2) is 0 Å². The molecule has 1 aliphatic rings. The van der Waals surface area contributed by atoms with Crippen molar-refractivity contribution in [3.8, 4) is 0 Å². The Morgan fingerprint density at radius 2 is 2.40 bits per heavy atom. The first-order valence-electron chi connectivity index (χ1n) is 6.29. The van der Waals surface area contributed by atoms with E-state index in [9.17, 15) is 14.7 Å². The monoisotopic (exact) mass is 298 g/mol. The number of thioether (sulfide) groups is 1. The number of carboxylic acid groups (broad SMARTS) is 1. The second-order valence-electron chi connectivity index (χ2n) is 4.71. The molecule has 2 rings (SSSR count). The Bertz CT molecular complexity index is 505. The molecule has 0 bridgehead atoms. The fourth-order valence-electron chi connectivity index (χ4n) is 2.20. The quantitative estimate of drug-likeness (QED) is 0.851. The minimum absolute atomic E-state index is 0.246. The van der Waals surface area contributed by atoms with E-state index in [1.54, 1.807) is 23.7 Å². The van der Waals surface area contributed by atoms with E-state index in [-0.39, 0.29) is 19.0 Å². The summed E-state index contributed by atoms with van der Waals surface area (Å²) >= 11 is 1.65. The van der Waals surface area contributed by atoms with E-state index in [1.165, 1.54) is 11.2 Å². The number of hydrogen-bond acceptors (Lipinski definition) is 4. The van der Waals surface area contributed by atoms with Crippen LogP contribution in [0.3, 0.4) is 0 Å². The highest BCUT2D eigenvalue weighted by atomic mass is 32.2. The van der Waals surface area contributed by atoms with Crippen molar-refractivity contribution in [1.82, 2.24) is 19.8 Å². The van der Waals surface area contributed by atoms with Crippen LogP contribution in [0.2, 0.25) is 0 Å². The van der Waals surface area contributed by atoms with Crippen molar-refractivity contribution in [1.29, 1.82) is 0 Å². The van der Waals surface area contributed by atoms with Gasteiger partial charge < -0.3 is 19.9 Å². The van der Waals surface area contributed by atoms with E-state index in [1.807, 2.05) is 6.26 Å². The Hall–Kier alpha value is -1.70. The molecule has 7 nitrogen and oxygen atoms in total. The number of rotatable bonds is 4. The van der Waals surface area contributed by atoms with Crippen LogP contribution in [0.25, 0.3) is 0 Å². The van der Waals surface area contributed by atoms with Crippen molar-refractivity contribution in [2.24, 2.45) is 0 Å². The minimum atomic E-state index is -0.995. The Labute approximate surface area is 121 Å². The molecule has 2 N–H and O–H groups in total. The predicted molar refractivity (Wildman–Crippen MR) is 75.7 cm³/mol. The Balaban J connectivity index is 2.15. The van der Waals surface area contributed by atoms with Crippen LogP contribution in [0, 0.1) is 0 Å². The normalized spacial score (nSPS) is 17.7. The number of carbonyl (C=O) groups excluding carboxylic acids is 1. The maximum atomic E-state index is 12.4. The molecule has 1 aromatic heterocycles. The van der Waals surface area contributed by atoms with Gasteiger partial charge in [0.2, 0.25) is 0 Å². The summed E-state index contributed by atoms with van der Waals surface area (Å²) in [6.45, 7) is 0.855. The highest BCUT2D eigenvalue weighted by Crippen LogP contribution is 2.22. The number of imidazole rings is 1. The number of H-pyrrole nitrogens is 1. The van der Waals surface area contributed by atoms with Gasteiger partial charge in [-0.25, -0.2) is 14.6 Å². The molecule has 2 heterocycles. The Morgan fingerprint density at radius 1 is 1.65 bits per heavy atom. The van der Waals surface area contributed by atoms with Crippen LogP contribution in [-0.4, -0.2) is 68.5 Å². The van der Waals surface area contributed by atoms with Gasteiger partial charge in [0.1, 0.15) is 6.04 Å². The van der Waals surface area contributed by atoms with E-state index >= 15 is 0 Å². The minimum Gasteiger partial charge on any atom is -0.480 e. The lowest BCUT2D eigenvalue weighted by molar-refractivity contribution is -0.142. The molecule has 0 saturated carbocycles. The van der Waals surface area contributed by atoms with Gasteiger partial charge in [0, 0.05) is 25.8 Å². The molecular formula is C12H18N4O3S. The zero-order chi connectivity index (χ0) is 14.7. The summed E-state index contributed by atoms with van der Waals surface area (Å²) in [7, 11) is 1.69. The first-order valence-corrected chi connectivity index (χ1v) is 7.68. The first kappa shape index (κ1) is 14.7. The number of aromatic nitrogens is 2. The van der Waals surface area contributed by atoms with Crippen LogP contribution in [0.15, 0.2) is 6.33 Å². The fraction of sp³-hybridized carbons (Fsp3) is 0.583. The number of urea groups is 1. The zero-order valence-corrected chi connectivity index (χ0v) is 12.3. The van der Waals surface area contributed by atoms with E-state index < -0.39 is 12.0 Å². The van der Waals surface area contributed by atoms with Crippen LogP contribution in [-0.2, 0) is 17.8 Å². The molecule has 0 fully saturated rings. The summed E-state index contributed by atoms with van der Waals surface area (Å²) in [6.07, 6.45) is 3.75. The van der Waals surface area contributed by atoms with Crippen molar-refractivity contribution < 1.29 is 14.7 Å². The van der Waals surface area contributed by atoms with Gasteiger partial charge in [-0.2, -0.15) is 11.8 Å². The molecule has 110 valence electrons. The van der Waals surface area contributed by atoms with E-state index in [4.69, 9.17) is 0 Å². The molecule has 0 radical (unpaired) electrons. The summed E-state index contributed by atoms with van der Waals surface area (Å²) in [5.41, 5.74) is 1.54. The second kappa shape index (κ2) is 6.17. The largest absolute Gasteiger partial charge is 0.480 e. The first-order chi connectivity index (χ1) is 9.54. The highest BCUT2D eigenvalue weighted by Gasteiger charge is 2.37. The third-order valence-corrected chi connectivity index (χ3v) is 3.98. The SMILES string of the molecule is CSCCN(C)C(=O)N1Cc2[nH]cnc2CC1C(=O)O. The number of aromatic amines is 1. The van der Waals surface area contributed by atoms with E-state index in [0.717, 1.165) is 17.1 Å². The van der Waals surface area contributed by atoms with Crippen LogP contribution >= 0.6 is 11.8 Å². The molecule has 0 aliphatic carbocycles. The fourth-order valence-corrected chi connectivity index (χ4v) is 2.66. The third-order valence-electron chi connectivity index (χ3n) is 3.39. The smallest absolute Gasteiger partial charge is 0.326 e. The lowest BCUT2D eigenvalue weighted by Gasteiger charge is -2.35.